The molecule has 0 atom stereocenters. The molecule has 0 aliphatic heterocycles. The molecule has 26 heavy (non-hydrogen) atoms. The van der Waals surface area contributed by atoms with Gasteiger partial charge in [0.2, 0.25) is 0 Å². The molecule has 0 aliphatic carbocycles. The number of ether oxygens (including phenoxy) is 2. The maximum atomic E-state index is 12.3. The fraction of sp³-hybridized carbons (Fsp3) is 0.263. The smallest absolute Gasteiger partial charge is 0.273 e. The van der Waals surface area contributed by atoms with Crippen molar-refractivity contribution in [3.8, 4) is 11.5 Å². The molecule has 2 N–H and O–H groups in total. The molecule has 7 heteroatoms. The van der Waals surface area contributed by atoms with Crippen molar-refractivity contribution in [1.29, 1.82) is 0 Å². The van der Waals surface area contributed by atoms with Crippen LogP contribution in [-0.4, -0.2) is 25.0 Å². The summed E-state index contributed by atoms with van der Waals surface area (Å²) in [5.41, 5.74) is 5.55. The van der Waals surface area contributed by atoms with Gasteiger partial charge >= 0.3 is 0 Å². The minimum Gasteiger partial charge on any atom is -0.493 e. The SMILES string of the molecule is CCCOc1ccccc1C(=O)NNC(=O)c1ccc(OCC)c(Br)c1. The molecule has 0 saturated carbocycles. The van der Waals surface area contributed by atoms with E-state index >= 15 is 0 Å². The van der Waals surface area contributed by atoms with E-state index in [0.717, 1.165) is 6.42 Å². The number of carbonyl (C=O) groups is 2. The largest absolute Gasteiger partial charge is 0.493 e. The van der Waals surface area contributed by atoms with E-state index in [1.54, 1.807) is 42.5 Å². The monoisotopic (exact) mass is 420 g/mol. The van der Waals surface area contributed by atoms with E-state index in [1.807, 2.05) is 13.8 Å². The van der Waals surface area contributed by atoms with Crippen LogP contribution in [0.3, 0.4) is 0 Å². The second kappa shape index (κ2) is 9.82. The molecule has 0 spiro atoms. The van der Waals surface area contributed by atoms with Gasteiger partial charge in [0.1, 0.15) is 11.5 Å². The van der Waals surface area contributed by atoms with Gasteiger partial charge in [-0.25, -0.2) is 0 Å². The summed E-state index contributed by atoms with van der Waals surface area (Å²) in [5.74, 6) is 0.240. The molecule has 138 valence electrons. The lowest BCUT2D eigenvalue weighted by Crippen LogP contribution is -2.41. The summed E-state index contributed by atoms with van der Waals surface area (Å²) in [6.07, 6.45) is 0.833. The minimum absolute atomic E-state index is 0.356. The van der Waals surface area contributed by atoms with Crippen LogP contribution in [0.1, 0.15) is 41.0 Å². The number of hydrogen-bond donors (Lipinski definition) is 2. The van der Waals surface area contributed by atoms with Gasteiger partial charge in [0.05, 0.1) is 23.2 Å². The Labute approximate surface area is 161 Å². The quantitative estimate of drug-likeness (QED) is 0.669. The molecule has 2 rings (SSSR count). The standard InChI is InChI=1S/C19H21BrN2O4/c1-3-11-26-16-8-6-5-7-14(16)19(24)22-21-18(23)13-9-10-17(25-4-2)15(20)12-13/h5-10,12H,3-4,11H2,1-2H3,(H,21,23)(H,22,24). The van der Waals surface area contributed by atoms with Gasteiger partial charge in [-0.15, -0.1) is 0 Å². The Bertz CT molecular complexity index is 780. The van der Waals surface area contributed by atoms with Crippen molar-refractivity contribution in [2.75, 3.05) is 13.2 Å². The van der Waals surface area contributed by atoms with Crippen LogP contribution in [-0.2, 0) is 0 Å². The fourth-order valence-electron chi connectivity index (χ4n) is 2.16. The van der Waals surface area contributed by atoms with Gasteiger partial charge in [-0.05, 0) is 59.6 Å². The van der Waals surface area contributed by atoms with Crippen molar-refractivity contribution in [1.82, 2.24) is 10.9 Å². The van der Waals surface area contributed by atoms with E-state index in [4.69, 9.17) is 9.47 Å². The van der Waals surface area contributed by atoms with E-state index in [9.17, 15) is 9.59 Å². The predicted molar refractivity (Wildman–Crippen MR) is 102 cm³/mol. The molecular weight excluding hydrogens is 400 g/mol. The molecule has 2 amide bonds. The molecule has 0 heterocycles. The molecule has 0 bridgehead atoms. The topological polar surface area (TPSA) is 76.7 Å². The van der Waals surface area contributed by atoms with Gasteiger partial charge < -0.3 is 9.47 Å². The van der Waals surface area contributed by atoms with Crippen molar-refractivity contribution >= 4 is 27.7 Å². The molecule has 0 unspecified atom stereocenters. The first-order valence-electron chi connectivity index (χ1n) is 8.31. The third-order valence-corrected chi connectivity index (χ3v) is 4.00. The van der Waals surface area contributed by atoms with Crippen LogP contribution < -0.4 is 20.3 Å². The van der Waals surface area contributed by atoms with Gasteiger partial charge in [0.15, 0.2) is 0 Å². The van der Waals surface area contributed by atoms with Crippen molar-refractivity contribution < 1.29 is 19.1 Å². The number of hydrazine groups is 1. The van der Waals surface area contributed by atoms with E-state index in [-0.39, 0.29) is 0 Å². The number of halogens is 1. The molecule has 0 saturated heterocycles. The highest BCUT2D eigenvalue weighted by Gasteiger charge is 2.14. The summed E-state index contributed by atoms with van der Waals surface area (Å²) in [7, 11) is 0. The lowest BCUT2D eigenvalue weighted by molar-refractivity contribution is 0.0844. The maximum Gasteiger partial charge on any atom is 0.273 e. The van der Waals surface area contributed by atoms with Crippen LogP contribution in [0.25, 0.3) is 0 Å². The van der Waals surface area contributed by atoms with Crippen LogP contribution in [0.2, 0.25) is 0 Å². The molecule has 0 radical (unpaired) electrons. The average Bonchev–Trinajstić information content (AvgIpc) is 2.66. The van der Waals surface area contributed by atoms with E-state index < -0.39 is 11.8 Å². The Balaban J connectivity index is 2.01. The molecule has 6 nitrogen and oxygen atoms in total. The number of rotatable bonds is 7. The Morgan fingerprint density at radius 3 is 2.38 bits per heavy atom. The van der Waals surface area contributed by atoms with Gasteiger partial charge in [-0.3, -0.25) is 20.4 Å². The van der Waals surface area contributed by atoms with Gasteiger partial charge in [-0.2, -0.15) is 0 Å². The van der Waals surface area contributed by atoms with Crippen LogP contribution in [0.15, 0.2) is 46.9 Å². The molecular formula is C19H21BrN2O4. The number of para-hydroxylation sites is 1. The fourth-order valence-corrected chi connectivity index (χ4v) is 2.65. The van der Waals surface area contributed by atoms with Crippen LogP contribution in [0, 0.1) is 0 Å². The number of benzene rings is 2. The predicted octanol–water partition coefficient (Wildman–Crippen LogP) is 3.71. The van der Waals surface area contributed by atoms with Crippen molar-refractivity contribution in [2.45, 2.75) is 20.3 Å². The Morgan fingerprint density at radius 2 is 1.69 bits per heavy atom. The zero-order chi connectivity index (χ0) is 18.9. The Morgan fingerprint density at radius 1 is 0.962 bits per heavy atom. The zero-order valence-electron chi connectivity index (χ0n) is 14.7. The lowest BCUT2D eigenvalue weighted by atomic mass is 10.2. The minimum atomic E-state index is -0.449. The number of nitrogens with one attached hydrogen (secondary N) is 2. The third kappa shape index (κ3) is 5.23. The zero-order valence-corrected chi connectivity index (χ0v) is 16.3. The lowest BCUT2D eigenvalue weighted by Gasteiger charge is -2.12. The summed E-state index contributed by atoms with van der Waals surface area (Å²) < 4.78 is 11.6. The van der Waals surface area contributed by atoms with Crippen molar-refractivity contribution in [3.05, 3.63) is 58.1 Å². The molecule has 0 aromatic heterocycles. The van der Waals surface area contributed by atoms with Gasteiger partial charge in [0.25, 0.3) is 11.8 Å². The van der Waals surface area contributed by atoms with Gasteiger partial charge in [-0.1, -0.05) is 19.1 Å². The van der Waals surface area contributed by atoms with E-state index in [1.165, 1.54) is 0 Å². The normalized spacial score (nSPS) is 10.1. The Kier molecular flexibility index (Phi) is 7.47. The molecule has 2 aromatic rings. The highest BCUT2D eigenvalue weighted by atomic mass is 79.9. The first-order chi connectivity index (χ1) is 12.6. The summed E-state index contributed by atoms with van der Waals surface area (Å²) >= 11 is 3.36. The van der Waals surface area contributed by atoms with Crippen molar-refractivity contribution in [2.24, 2.45) is 0 Å². The van der Waals surface area contributed by atoms with Crippen LogP contribution >= 0.6 is 15.9 Å². The average molecular weight is 421 g/mol. The van der Waals surface area contributed by atoms with Crippen LogP contribution in [0.5, 0.6) is 11.5 Å². The van der Waals surface area contributed by atoms with Crippen LogP contribution in [0.4, 0.5) is 0 Å². The number of hydrogen-bond acceptors (Lipinski definition) is 4. The highest BCUT2D eigenvalue weighted by Crippen LogP contribution is 2.26. The van der Waals surface area contributed by atoms with Gasteiger partial charge in [0, 0.05) is 5.56 Å². The molecule has 0 aliphatic rings. The molecule has 2 aromatic carbocycles. The number of carbonyl (C=O) groups excluding carboxylic acids is 2. The maximum absolute atomic E-state index is 12.3. The van der Waals surface area contributed by atoms with E-state index in [2.05, 4.69) is 26.8 Å². The first-order valence-corrected chi connectivity index (χ1v) is 9.11. The first kappa shape index (κ1) is 19.8. The highest BCUT2D eigenvalue weighted by molar-refractivity contribution is 9.10. The summed E-state index contributed by atoms with van der Waals surface area (Å²) in [5, 5.41) is 0. The summed E-state index contributed by atoms with van der Waals surface area (Å²) in [6.45, 7) is 4.90. The summed E-state index contributed by atoms with van der Waals surface area (Å²) in [4.78, 5) is 24.6. The van der Waals surface area contributed by atoms with E-state index in [0.29, 0.717) is 40.3 Å². The van der Waals surface area contributed by atoms with Crippen molar-refractivity contribution in [3.63, 3.8) is 0 Å². The molecule has 0 fully saturated rings. The number of amides is 2. The second-order valence-corrected chi connectivity index (χ2v) is 6.19. The Hall–Kier alpha value is -2.54. The second-order valence-electron chi connectivity index (χ2n) is 5.33. The third-order valence-electron chi connectivity index (χ3n) is 3.38. The summed E-state index contributed by atoms with van der Waals surface area (Å²) in [6, 6.07) is 11.8.